The van der Waals surface area contributed by atoms with Crippen LogP contribution in [0.15, 0.2) is 30.3 Å². The van der Waals surface area contributed by atoms with Crippen LogP contribution in [0.1, 0.15) is 53.5 Å². The summed E-state index contributed by atoms with van der Waals surface area (Å²) in [7, 11) is 0. The minimum absolute atomic E-state index is 0.785. The van der Waals surface area contributed by atoms with Crippen molar-refractivity contribution in [3.05, 3.63) is 35.9 Å². The van der Waals surface area contributed by atoms with Crippen molar-refractivity contribution in [2.24, 2.45) is 17.8 Å². The molecule has 0 amide bonds. The van der Waals surface area contributed by atoms with Gasteiger partial charge in [-0.25, -0.2) is 0 Å². The molecular formula is C17H30. The Labute approximate surface area is 108 Å². The molecule has 0 nitrogen and oxygen atoms in total. The van der Waals surface area contributed by atoms with E-state index in [0.717, 1.165) is 17.8 Å². The van der Waals surface area contributed by atoms with Gasteiger partial charge in [0, 0.05) is 0 Å². The van der Waals surface area contributed by atoms with Gasteiger partial charge < -0.3 is 0 Å². The average Bonchev–Trinajstić information content (AvgIpc) is 2.31. The Morgan fingerprint density at radius 2 is 1.41 bits per heavy atom. The monoisotopic (exact) mass is 234 g/mol. The van der Waals surface area contributed by atoms with Gasteiger partial charge in [0.05, 0.1) is 0 Å². The van der Waals surface area contributed by atoms with E-state index in [0.29, 0.717) is 0 Å². The second kappa shape index (κ2) is 9.27. The fraction of sp³-hybridized carbons (Fsp3) is 0.647. The molecule has 0 aromatic heterocycles. The minimum Gasteiger partial charge on any atom is -0.0683 e. The SMILES string of the molecule is CC.CC(C)C[C@H](Cc1ccccc1)C(C)C. The van der Waals surface area contributed by atoms with Crippen molar-refractivity contribution in [2.45, 2.75) is 54.4 Å². The molecular weight excluding hydrogens is 204 g/mol. The normalized spacial score (nSPS) is 12.2. The van der Waals surface area contributed by atoms with Gasteiger partial charge in [0.25, 0.3) is 0 Å². The van der Waals surface area contributed by atoms with Crippen molar-refractivity contribution in [1.82, 2.24) is 0 Å². The van der Waals surface area contributed by atoms with Crippen molar-refractivity contribution in [1.29, 1.82) is 0 Å². The van der Waals surface area contributed by atoms with Crippen LogP contribution in [0.5, 0.6) is 0 Å². The smallest absolute Gasteiger partial charge is 0.0248 e. The average molecular weight is 234 g/mol. The first-order valence-electron chi connectivity index (χ1n) is 7.13. The van der Waals surface area contributed by atoms with Crippen LogP contribution in [0.3, 0.4) is 0 Å². The lowest BCUT2D eigenvalue weighted by atomic mass is 9.83. The zero-order chi connectivity index (χ0) is 13.3. The van der Waals surface area contributed by atoms with E-state index in [1.807, 2.05) is 13.8 Å². The Kier molecular flexibility index (Phi) is 8.85. The molecule has 0 aliphatic rings. The van der Waals surface area contributed by atoms with Crippen molar-refractivity contribution in [2.75, 3.05) is 0 Å². The first kappa shape index (κ1) is 16.2. The highest BCUT2D eigenvalue weighted by Crippen LogP contribution is 2.24. The summed E-state index contributed by atoms with van der Waals surface area (Å²) in [5.41, 5.74) is 1.48. The molecule has 0 aliphatic heterocycles. The fourth-order valence-corrected chi connectivity index (χ4v) is 2.11. The number of benzene rings is 1. The van der Waals surface area contributed by atoms with Gasteiger partial charge in [-0.2, -0.15) is 0 Å². The molecule has 0 spiro atoms. The molecule has 0 radical (unpaired) electrons. The zero-order valence-corrected chi connectivity index (χ0v) is 12.5. The molecule has 0 unspecified atom stereocenters. The summed E-state index contributed by atoms with van der Waals surface area (Å²) in [5, 5.41) is 0. The van der Waals surface area contributed by atoms with Crippen LogP contribution in [0.2, 0.25) is 0 Å². The van der Waals surface area contributed by atoms with Crippen molar-refractivity contribution in [3.8, 4) is 0 Å². The zero-order valence-electron chi connectivity index (χ0n) is 12.5. The molecule has 0 fully saturated rings. The molecule has 0 N–H and O–H groups in total. The number of hydrogen-bond donors (Lipinski definition) is 0. The van der Waals surface area contributed by atoms with E-state index >= 15 is 0 Å². The quantitative estimate of drug-likeness (QED) is 0.624. The second-order valence-electron chi connectivity index (χ2n) is 5.32. The van der Waals surface area contributed by atoms with Gasteiger partial charge in [-0.1, -0.05) is 71.9 Å². The van der Waals surface area contributed by atoms with E-state index in [1.54, 1.807) is 0 Å². The highest BCUT2D eigenvalue weighted by atomic mass is 14.2. The first-order chi connectivity index (χ1) is 8.09. The Hall–Kier alpha value is -0.780. The van der Waals surface area contributed by atoms with Gasteiger partial charge in [-0.15, -0.1) is 0 Å². The molecule has 0 saturated heterocycles. The van der Waals surface area contributed by atoms with E-state index in [-0.39, 0.29) is 0 Å². The van der Waals surface area contributed by atoms with Gasteiger partial charge in [0.15, 0.2) is 0 Å². The van der Waals surface area contributed by atoms with E-state index in [2.05, 4.69) is 58.0 Å². The summed E-state index contributed by atoms with van der Waals surface area (Å²) < 4.78 is 0. The van der Waals surface area contributed by atoms with Gasteiger partial charge in [-0.05, 0) is 36.2 Å². The minimum atomic E-state index is 0.785. The summed E-state index contributed by atoms with van der Waals surface area (Å²) in [6.07, 6.45) is 2.57. The summed E-state index contributed by atoms with van der Waals surface area (Å²) in [5.74, 6) is 2.42. The molecule has 0 heteroatoms. The Bertz CT molecular complexity index is 259. The highest BCUT2D eigenvalue weighted by Gasteiger charge is 2.15. The molecule has 1 aromatic carbocycles. The molecule has 1 rings (SSSR count). The Balaban J connectivity index is 0.00000121. The van der Waals surface area contributed by atoms with E-state index in [9.17, 15) is 0 Å². The Morgan fingerprint density at radius 1 is 0.882 bits per heavy atom. The van der Waals surface area contributed by atoms with Crippen LogP contribution in [0, 0.1) is 17.8 Å². The molecule has 17 heavy (non-hydrogen) atoms. The highest BCUT2D eigenvalue weighted by molar-refractivity contribution is 5.15. The molecule has 1 atom stereocenters. The van der Waals surface area contributed by atoms with Gasteiger partial charge in [0.2, 0.25) is 0 Å². The maximum atomic E-state index is 2.34. The maximum absolute atomic E-state index is 2.34. The largest absolute Gasteiger partial charge is 0.0683 e. The molecule has 0 bridgehead atoms. The molecule has 0 saturated carbocycles. The van der Waals surface area contributed by atoms with E-state index in [1.165, 1.54) is 18.4 Å². The first-order valence-corrected chi connectivity index (χ1v) is 7.13. The lowest BCUT2D eigenvalue weighted by Crippen LogP contribution is -2.14. The predicted molar refractivity (Wildman–Crippen MR) is 79.3 cm³/mol. The Morgan fingerprint density at radius 3 is 1.82 bits per heavy atom. The summed E-state index contributed by atoms with van der Waals surface area (Å²) in [4.78, 5) is 0. The summed E-state index contributed by atoms with van der Waals surface area (Å²) in [6, 6.07) is 10.9. The summed E-state index contributed by atoms with van der Waals surface area (Å²) in [6.45, 7) is 13.3. The van der Waals surface area contributed by atoms with Crippen LogP contribution < -0.4 is 0 Å². The third-order valence-corrected chi connectivity index (χ3v) is 3.06. The number of rotatable bonds is 5. The molecule has 98 valence electrons. The summed E-state index contributed by atoms with van der Waals surface area (Å²) >= 11 is 0. The van der Waals surface area contributed by atoms with Gasteiger partial charge >= 0.3 is 0 Å². The van der Waals surface area contributed by atoms with Crippen LogP contribution in [0.25, 0.3) is 0 Å². The van der Waals surface area contributed by atoms with E-state index < -0.39 is 0 Å². The standard InChI is InChI=1S/C15H24.C2H6/c1-12(2)10-15(13(3)4)11-14-8-6-5-7-9-14;1-2/h5-9,12-13,15H,10-11H2,1-4H3;1-2H3/t15-;/m1./s1. The van der Waals surface area contributed by atoms with Crippen molar-refractivity contribution < 1.29 is 0 Å². The predicted octanol–water partition coefficient (Wildman–Crippen LogP) is 5.57. The molecule has 0 aliphatic carbocycles. The van der Waals surface area contributed by atoms with Crippen LogP contribution in [-0.2, 0) is 6.42 Å². The van der Waals surface area contributed by atoms with Crippen molar-refractivity contribution >= 4 is 0 Å². The third-order valence-electron chi connectivity index (χ3n) is 3.06. The van der Waals surface area contributed by atoms with Crippen LogP contribution >= 0.6 is 0 Å². The lowest BCUT2D eigenvalue weighted by molar-refractivity contribution is 0.315. The number of hydrogen-bond acceptors (Lipinski definition) is 0. The molecule has 0 heterocycles. The van der Waals surface area contributed by atoms with Crippen LogP contribution in [0.4, 0.5) is 0 Å². The van der Waals surface area contributed by atoms with Gasteiger partial charge in [0.1, 0.15) is 0 Å². The molecule has 1 aromatic rings. The third kappa shape index (κ3) is 7.20. The van der Waals surface area contributed by atoms with Gasteiger partial charge in [-0.3, -0.25) is 0 Å². The van der Waals surface area contributed by atoms with E-state index in [4.69, 9.17) is 0 Å². The maximum Gasteiger partial charge on any atom is -0.0248 e. The topological polar surface area (TPSA) is 0 Å². The van der Waals surface area contributed by atoms with Crippen molar-refractivity contribution in [3.63, 3.8) is 0 Å². The fourth-order valence-electron chi connectivity index (χ4n) is 2.11. The second-order valence-corrected chi connectivity index (χ2v) is 5.32. The lowest BCUT2D eigenvalue weighted by Gasteiger charge is -2.22. The van der Waals surface area contributed by atoms with Crippen LogP contribution in [-0.4, -0.2) is 0 Å².